The zero-order valence-electron chi connectivity index (χ0n) is 13.5. The maximum absolute atomic E-state index is 5.79. The molecular weight excluding hydrogens is 310 g/mol. The topological polar surface area (TPSA) is 62.2 Å². The van der Waals surface area contributed by atoms with Crippen molar-refractivity contribution in [2.24, 2.45) is 4.99 Å². The van der Waals surface area contributed by atoms with Gasteiger partial charge in [0.1, 0.15) is 5.15 Å². The smallest absolute Gasteiger partial charge is 0.191 e. The first-order valence-corrected chi connectivity index (χ1v) is 8.10. The van der Waals surface area contributed by atoms with Crippen LogP contribution in [0.5, 0.6) is 0 Å². The molecule has 0 atom stereocenters. The Morgan fingerprint density at radius 1 is 1.22 bits per heavy atom. The maximum atomic E-state index is 5.79. The lowest BCUT2D eigenvalue weighted by atomic mass is 10.2. The molecular formula is C17H22ClN5. The van der Waals surface area contributed by atoms with Crippen molar-refractivity contribution in [3.63, 3.8) is 0 Å². The molecule has 0 aromatic carbocycles. The number of nitrogens with zero attached hydrogens (tertiary/aromatic N) is 3. The number of nitrogens with one attached hydrogen (secondary N) is 2. The minimum atomic E-state index is 0.516. The van der Waals surface area contributed by atoms with E-state index >= 15 is 0 Å². The Kier molecular flexibility index (Phi) is 6.81. The molecule has 0 aliphatic rings. The van der Waals surface area contributed by atoms with Gasteiger partial charge in [0.25, 0.3) is 0 Å². The van der Waals surface area contributed by atoms with Crippen molar-refractivity contribution in [3.05, 3.63) is 58.6 Å². The quantitative estimate of drug-likeness (QED) is 0.485. The fourth-order valence-corrected chi connectivity index (χ4v) is 2.18. The average molecular weight is 332 g/mol. The Hall–Kier alpha value is -2.14. The number of guanidine groups is 1. The lowest BCUT2D eigenvalue weighted by molar-refractivity contribution is 0.794. The number of rotatable bonds is 6. The summed E-state index contributed by atoms with van der Waals surface area (Å²) in [6, 6.07) is 9.76. The first-order valence-electron chi connectivity index (χ1n) is 7.72. The second-order valence-corrected chi connectivity index (χ2v) is 5.52. The van der Waals surface area contributed by atoms with Crippen molar-refractivity contribution >= 4 is 17.6 Å². The number of aliphatic imine (C=N–C) groups is 1. The third kappa shape index (κ3) is 6.24. The van der Waals surface area contributed by atoms with E-state index in [4.69, 9.17) is 11.6 Å². The molecule has 0 spiro atoms. The molecule has 0 aliphatic carbocycles. The highest BCUT2D eigenvalue weighted by Gasteiger charge is 2.00. The third-order valence-corrected chi connectivity index (χ3v) is 3.41. The first kappa shape index (κ1) is 17.2. The number of aromatic nitrogens is 2. The van der Waals surface area contributed by atoms with E-state index in [1.807, 2.05) is 38.1 Å². The highest BCUT2D eigenvalue weighted by Crippen LogP contribution is 2.05. The molecule has 0 radical (unpaired) electrons. The predicted octanol–water partition coefficient (Wildman–Crippen LogP) is 2.74. The van der Waals surface area contributed by atoms with Crippen LogP contribution in [0.1, 0.15) is 23.9 Å². The van der Waals surface area contributed by atoms with Gasteiger partial charge in [-0.3, -0.25) is 4.98 Å². The normalized spacial score (nSPS) is 11.3. The Labute approximate surface area is 142 Å². The lowest BCUT2D eigenvalue weighted by Crippen LogP contribution is -2.38. The Morgan fingerprint density at radius 2 is 2.09 bits per heavy atom. The SMILES string of the molecule is CCNC(=NCc1cccc(C)n1)NCCc1ccc(Cl)nc1. The highest BCUT2D eigenvalue weighted by molar-refractivity contribution is 6.29. The monoisotopic (exact) mass is 331 g/mol. The van der Waals surface area contributed by atoms with Gasteiger partial charge in [-0.05, 0) is 44.0 Å². The van der Waals surface area contributed by atoms with Crippen molar-refractivity contribution in [2.45, 2.75) is 26.8 Å². The summed E-state index contributed by atoms with van der Waals surface area (Å²) in [5, 5.41) is 7.07. The van der Waals surface area contributed by atoms with Crippen molar-refractivity contribution in [3.8, 4) is 0 Å². The van der Waals surface area contributed by atoms with Gasteiger partial charge < -0.3 is 10.6 Å². The molecule has 0 saturated carbocycles. The van der Waals surface area contributed by atoms with Crippen LogP contribution in [0.2, 0.25) is 5.15 Å². The summed E-state index contributed by atoms with van der Waals surface area (Å²) in [5.74, 6) is 0.790. The molecule has 2 aromatic rings. The van der Waals surface area contributed by atoms with Gasteiger partial charge >= 0.3 is 0 Å². The molecule has 5 nitrogen and oxygen atoms in total. The van der Waals surface area contributed by atoms with Gasteiger partial charge in [-0.1, -0.05) is 23.7 Å². The molecule has 2 rings (SSSR count). The standard InChI is InChI=1S/C17H22ClN5/c1-3-19-17(22-12-15-6-4-5-13(2)23-15)20-10-9-14-7-8-16(18)21-11-14/h4-8,11H,3,9-10,12H2,1-2H3,(H2,19,20,22). The molecule has 0 saturated heterocycles. The van der Waals surface area contributed by atoms with Gasteiger partial charge in [-0.2, -0.15) is 0 Å². The largest absolute Gasteiger partial charge is 0.357 e. The lowest BCUT2D eigenvalue weighted by Gasteiger charge is -2.11. The number of aryl methyl sites for hydroxylation is 1. The number of halogens is 1. The van der Waals surface area contributed by atoms with Crippen molar-refractivity contribution in [2.75, 3.05) is 13.1 Å². The summed E-state index contributed by atoms with van der Waals surface area (Å²) in [6.45, 7) is 6.17. The minimum absolute atomic E-state index is 0.516. The van der Waals surface area contributed by atoms with Gasteiger partial charge in [0.05, 0.1) is 12.2 Å². The Morgan fingerprint density at radius 3 is 2.78 bits per heavy atom. The number of pyridine rings is 2. The molecule has 0 amide bonds. The van der Waals surface area contributed by atoms with Crippen molar-refractivity contribution < 1.29 is 0 Å². The number of hydrogen-bond acceptors (Lipinski definition) is 3. The average Bonchev–Trinajstić information content (AvgIpc) is 2.54. The van der Waals surface area contributed by atoms with Crippen LogP contribution >= 0.6 is 11.6 Å². The summed E-state index contributed by atoms with van der Waals surface area (Å²) >= 11 is 5.79. The summed E-state index contributed by atoms with van der Waals surface area (Å²) in [5.41, 5.74) is 3.10. The molecule has 2 aromatic heterocycles. The van der Waals surface area contributed by atoms with Crippen LogP contribution in [0, 0.1) is 6.92 Å². The molecule has 0 fully saturated rings. The molecule has 0 bridgehead atoms. The molecule has 122 valence electrons. The molecule has 23 heavy (non-hydrogen) atoms. The second kappa shape index (κ2) is 9.10. The van der Waals surface area contributed by atoms with Crippen LogP contribution < -0.4 is 10.6 Å². The fraction of sp³-hybridized carbons (Fsp3) is 0.353. The molecule has 0 unspecified atom stereocenters. The zero-order chi connectivity index (χ0) is 16.5. The molecule has 2 heterocycles. The fourth-order valence-electron chi connectivity index (χ4n) is 2.07. The summed E-state index contributed by atoms with van der Waals surface area (Å²) in [4.78, 5) is 13.1. The van der Waals surface area contributed by atoms with Crippen LogP contribution in [0.25, 0.3) is 0 Å². The van der Waals surface area contributed by atoms with Crippen molar-refractivity contribution in [1.29, 1.82) is 0 Å². The van der Waals surface area contributed by atoms with Gasteiger partial charge in [0, 0.05) is 25.0 Å². The van der Waals surface area contributed by atoms with E-state index < -0.39 is 0 Å². The third-order valence-electron chi connectivity index (χ3n) is 3.18. The van der Waals surface area contributed by atoms with Crippen LogP contribution in [0.4, 0.5) is 0 Å². The van der Waals surface area contributed by atoms with Crippen LogP contribution in [0.3, 0.4) is 0 Å². The Balaban J connectivity index is 1.87. The summed E-state index contributed by atoms with van der Waals surface area (Å²) in [6.07, 6.45) is 2.65. The van der Waals surface area contributed by atoms with E-state index in [9.17, 15) is 0 Å². The van der Waals surface area contributed by atoms with Crippen molar-refractivity contribution in [1.82, 2.24) is 20.6 Å². The summed E-state index contributed by atoms with van der Waals surface area (Å²) in [7, 11) is 0. The van der Waals surface area contributed by atoms with Gasteiger partial charge in [0.2, 0.25) is 0 Å². The number of hydrogen-bond donors (Lipinski definition) is 2. The van der Waals surface area contributed by atoms with Gasteiger partial charge in [-0.15, -0.1) is 0 Å². The minimum Gasteiger partial charge on any atom is -0.357 e. The summed E-state index contributed by atoms with van der Waals surface area (Å²) < 4.78 is 0. The second-order valence-electron chi connectivity index (χ2n) is 5.13. The van der Waals surface area contributed by atoms with Crippen LogP contribution in [0.15, 0.2) is 41.5 Å². The Bertz CT molecular complexity index is 640. The van der Waals surface area contributed by atoms with Crippen LogP contribution in [-0.4, -0.2) is 29.0 Å². The first-order chi connectivity index (χ1) is 11.2. The van der Waals surface area contributed by atoms with E-state index in [-0.39, 0.29) is 0 Å². The van der Waals surface area contributed by atoms with E-state index in [0.29, 0.717) is 11.7 Å². The van der Waals surface area contributed by atoms with E-state index in [2.05, 4.69) is 25.6 Å². The molecule has 2 N–H and O–H groups in total. The molecule has 0 aliphatic heterocycles. The highest BCUT2D eigenvalue weighted by atomic mass is 35.5. The van der Waals surface area contributed by atoms with Crippen LogP contribution in [-0.2, 0) is 13.0 Å². The van der Waals surface area contributed by atoms with E-state index in [1.165, 1.54) is 0 Å². The maximum Gasteiger partial charge on any atom is 0.191 e. The predicted molar refractivity (Wildman–Crippen MR) is 94.7 cm³/mol. The van der Waals surface area contributed by atoms with E-state index in [1.54, 1.807) is 12.3 Å². The molecule has 6 heteroatoms. The van der Waals surface area contributed by atoms with E-state index in [0.717, 1.165) is 42.4 Å². The van der Waals surface area contributed by atoms with Gasteiger partial charge in [0.15, 0.2) is 5.96 Å². The van der Waals surface area contributed by atoms with Gasteiger partial charge in [-0.25, -0.2) is 9.98 Å². The zero-order valence-corrected chi connectivity index (χ0v) is 14.3.